The number of hydrogen-bond donors (Lipinski definition) is 2. The van der Waals surface area contributed by atoms with Crippen LogP contribution in [-0.4, -0.2) is 13.4 Å². The lowest BCUT2D eigenvalue weighted by Crippen LogP contribution is -2.14. The standard InChI is InChI=1S/C19H16N4O2S2/c1-14-13-26-19(22-14)15(11-20)12-21-17-9-5-6-10-18(17)27(24,25)23-16-7-3-2-4-8-16/h2-10,12-13,21,23H,1H3/b15-12+. The zero-order chi connectivity index (χ0) is 19.3. The molecule has 0 saturated carbocycles. The predicted octanol–water partition coefficient (Wildman–Crippen LogP) is 4.23. The number of benzene rings is 2. The maximum Gasteiger partial charge on any atom is 0.263 e. The minimum absolute atomic E-state index is 0.0812. The Labute approximate surface area is 161 Å². The zero-order valence-corrected chi connectivity index (χ0v) is 16.0. The highest BCUT2D eigenvalue weighted by atomic mass is 32.2. The number of nitrogens with zero attached hydrogens (tertiary/aromatic N) is 2. The van der Waals surface area contributed by atoms with Crippen LogP contribution in [0.2, 0.25) is 0 Å². The van der Waals surface area contributed by atoms with Gasteiger partial charge in [0.1, 0.15) is 21.5 Å². The van der Waals surface area contributed by atoms with E-state index in [2.05, 4.69) is 21.1 Å². The van der Waals surface area contributed by atoms with Crippen molar-refractivity contribution in [3.05, 3.63) is 76.9 Å². The number of anilines is 2. The Bertz CT molecular complexity index is 1110. The molecule has 0 aliphatic rings. The summed E-state index contributed by atoms with van der Waals surface area (Å²) in [5, 5.41) is 14.7. The fourth-order valence-electron chi connectivity index (χ4n) is 2.31. The van der Waals surface area contributed by atoms with Crippen LogP contribution in [-0.2, 0) is 10.0 Å². The number of aryl methyl sites for hydroxylation is 1. The molecule has 0 radical (unpaired) electrons. The predicted molar refractivity (Wildman–Crippen MR) is 108 cm³/mol. The van der Waals surface area contributed by atoms with E-state index in [1.165, 1.54) is 23.6 Å². The molecule has 0 fully saturated rings. The first-order valence-electron chi connectivity index (χ1n) is 7.96. The van der Waals surface area contributed by atoms with Gasteiger partial charge in [-0.05, 0) is 31.2 Å². The third-order valence-corrected chi connectivity index (χ3v) is 5.98. The first-order valence-corrected chi connectivity index (χ1v) is 10.3. The topological polar surface area (TPSA) is 94.9 Å². The normalized spacial score (nSPS) is 11.6. The molecule has 136 valence electrons. The third kappa shape index (κ3) is 4.53. The molecule has 0 aliphatic carbocycles. The Hall–Kier alpha value is -3.15. The number of sulfonamides is 1. The lowest BCUT2D eigenvalue weighted by Gasteiger charge is -2.12. The Kier molecular flexibility index (Phi) is 5.54. The average Bonchev–Trinajstić information content (AvgIpc) is 3.09. The van der Waals surface area contributed by atoms with Gasteiger partial charge in [-0.1, -0.05) is 30.3 Å². The monoisotopic (exact) mass is 396 g/mol. The molecule has 0 saturated heterocycles. The van der Waals surface area contributed by atoms with Crippen molar-refractivity contribution in [3.8, 4) is 6.07 Å². The van der Waals surface area contributed by atoms with E-state index in [9.17, 15) is 13.7 Å². The molecule has 0 aliphatic heterocycles. The Morgan fingerprint density at radius 1 is 1.15 bits per heavy atom. The Morgan fingerprint density at radius 2 is 1.85 bits per heavy atom. The number of nitrogens with one attached hydrogen (secondary N) is 2. The molecule has 0 bridgehead atoms. The quantitative estimate of drug-likeness (QED) is 0.608. The van der Waals surface area contributed by atoms with Gasteiger partial charge in [0.25, 0.3) is 10.0 Å². The van der Waals surface area contributed by atoms with Crippen molar-refractivity contribution < 1.29 is 8.42 Å². The van der Waals surface area contributed by atoms with Crippen molar-refractivity contribution >= 4 is 38.3 Å². The Balaban J connectivity index is 1.90. The van der Waals surface area contributed by atoms with Crippen LogP contribution in [0, 0.1) is 18.3 Å². The van der Waals surface area contributed by atoms with Crippen LogP contribution in [0.4, 0.5) is 11.4 Å². The van der Waals surface area contributed by atoms with Crippen molar-refractivity contribution in [2.45, 2.75) is 11.8 Å². The smallest absolute Gasteiger partial charge is 0.263 e. The van der Waals surface area contributed by atoms with Gasteiger partial charge >= 0.3 is 0 Å². The van der Waals surface area contributed by atoms with Crippen molar-refractivity contribution in [2.24, 2.45) is 0 Å². The minimum atomic E-state index is -3.80. The first kappa shape index (κ1) is 18.6. The summed E-state index contributed by atoms with van der Waals surface area (Å²) in [5.74, 6) is 0. The molecule has 8 heteroatoms. The summed E-state index contributed by atoms with van der Waals surface area (Å²) in [6.07, 6.45) is 1.47. The van der Waals surface area contributed by atoms with Crippen molar-refractivity contribution in [1.29, 1.82) is 5.26 Å². The second kappa shape index (κ2) is 8.03. The number of allylic oxidation sites excluding steroid dienone is 1. The van der Waals surface area contributed by atoms with E-state index in [1.54, 1.807) is 42.5 Å². The molecule has 2 aromatic carbocycles. The molecular formula is C19H16N4O2S2. The van der Waals surface area contributed by atoms with E-state index in [1.807, 2.05) is 18.4 Å². The van der Waals surface area contributed by atoms with Crippen molar-refractivity contribution in [1.82, 2.24) is 4.98 Å². The van der Waals surface area contributed by atoms with Crippen LogP contribution in [0.25, 0.3) is 5.57 Å². The fourth-order valence-corrected chi connectivity index (χ4v) is 4.30. The van der Waals surface area contributed by atoms with Crippen LogP contribution >= 0.6 is 11.3 Å². The number of nitriles is 1. The summed E-state index contributed by atoms with van der Waals surface area (Å²) in [6, 6.07) is 17.2. The second-order valence-electron chi connectivity index (χ2n) is 5.58. The van der Waals surface area contributed by atoms with E-state index in [-0.39, 0.29) is 4.90 Å². The summed E-state index contributed by atoms with van der Waals surface area (Å²) in [5.41, 5.74) is 1.99. The first-order chi connectivity index (χ1) is 13.0. The highest BCUT2D eigenvalue weighted by Crippen LogP contribution is 2.25. The highest BCUT2D eigenvalue weighted by molar-refractivity contribution is 7.92. The molecule has 0 unspecified atom stereocenters. The van der Waals surface area contributed by atoms with E-state index in [0.717, 1.165) is 5.69 Å². The minimum Gasteiger partial charge on any atom is -0.359 e. The van der Waals surface area contributed by atoms with E-state index >= 15 is 0 Å². The molecule has 6 nitrogen and oxygen atoms in total. The maximum absolute atomic E-state index is 12.8. The molecule has 1 heterocycles. The zero-order valence-electron chi connectivity index (χ0n) is 14.4. The Morgan fingerprint density at radius 3 is 2.52 bits per heavy atom. The molecule has 27 heavy (non-hydrogen) atoms. The number of hydrogen-bond acceptors (Lipinski definition) is 6. The summed E-state index contributed by atoms with van der Waals surface area (Å²) in [7, 11) is -3.80. The van der Waals surface area contributed by atoms with E-state index in [0.29, 0.717) is 22.0 Å². The molecular weight excluding hydrogens is 380 g/mol. The molecule has 0 amide bonds. The van der Waals surface area contributed by atoms with Gasteiger partial charge in [-0.15, -0.1) is 11.3 Å². The third-order valence-electron chi connectivity index (χ3n) is 3.54. The molecule has 3 rings (SSSR count). The van der Waals surface area contributed by atoms with Gasteiger partial charge in [0.2, 0.25) is 0 Å². The van der Waals surface area contributed by atoms with Gasteiger partial charge in [0.05, 0.1) is 5.69 Å². The van der Waals surface area contributed by atoms with Gasteiger partial charge in [0, 0.05) is 23.0 Å². The summed E-state index contributed by atoms with van der Waals surface area (Å²) in [6.45, 7) is 1.85. The summed E-state index contributed by atoms with van der Waals surface area (Å²) in [4.78, 5) is 4.36. The van der Waals surface area contributed by atoms with Gasteiger partial charge in [0.15, 0.2) is 0 Å². The SMILES string of the molecule is Cc1csc(/C(C#N)=C/Nc2ccccc2S(=O)(=O)Nc2ccccc2)n1. The van der Waals surface area contributed by atoms with Gasteiger partial charge < -0.3 is 5.32 Å². The van der Waals surface area contributed by atoms with E-state index < -0.39 is 10.0 Å². The average molecular weight is 396 g/mol. The molecule has 1 aromatic heterocycles. The van der Waals surface area contributed by atoms with Gasteiger partial charge in [-0.2, -0.15) is 5.26 Å². The highest BCUT2D eigenvalue weighted by Gasteiger charge is 2.18. The van der Waals surface area contributed by atoms with Crippen LogP contribution in [0.3, 0.4) is 0 Å². The number of para-hydroxylation sites is 2. The van der Waals surface area contributed by atoms with Crippen LogP contribution in [0.5, 0.6) is 0 Å². The van der Waals surface area contributed by atoms with Crippen LogP contribution in [0.15, 0.2) is 71.1 Å². The number of rotatable bonds is 6. The van der Waals surface area contributed by atoms with Gasteiger partial charge in [-0.3, -0.25) is 4.72 Å². The van der Waals surface area contributed by atoms with Crippen LogP contribution < -0.4 is 10.0 Å². The largest absolute Gasteiger partial charge is 0.359 e. The van der Waals surface area contributed by atoms with Crippen molar-refractivity contribution in [2.75, 3.05) is 10.0 Å². The van der Waals surface area contributed by atoms with E-state index in [4.69, 9.17) is 0 Å². The maximum atomic E-state index is 12.8. The summed E-state index contributed by atoms with van der Waals surface area (Å²) < 4.78 is 28.1. The molecule has 0 spiro atoms. The number of aromatic nitrogens is 1. The molecule has 3 aromatic rings. The summed E-state index contributed by atoms with van der Waals surface area (Å²) >= 11 is 1.36. The molecule has 2 N–H and O–H groups in total. The van der Waals surface area contributed by atoms with Crippen molar-refractivity contribution in [3.63, 3.8) is 0 Å². The fraction of sp³-hybridized carbons (Fsp3) is 0.0526. The lowest BCUT2D eigenvalue weighted by atomic mass is 10.3. The lowest BCUT2D eigenvalue weighted by molar-refractivity contribution is 0.601. The second-order valence-corrected chi connectivity index (χ2v) is 8.08. The number of thiazole rings is 1. The van der Waals surface area contributed by atoms with Crippen LogP contribution in [0.1, 0.15) is 10.7 Å². The van der Waals surface area contributed by atoms with Gasteiger partial charge in [-0.25, -0.2) is 13.4 Å². The molecule has 0 atom stereocenters.